The minimum absolute atomic E-state index is 0.117. The Balaban J connectivity index is 2.97. The van der Waals surface area contributed by atoms with E-state index >= 15 is 0 Å². The number of carbonyl (C=O) groups is 1. The molecule has 2 unspecified atom stereocenters. The Morgan fingerprint density at radius 1 is 1.21 bits per heavy atom. The highest BCUT2D eigenvalue weighted by atomic mass is 19.4. The summed E-state index contributed by atoms with van der Waals surface area (Å²) in [6.45, 7) is -2.59. The topological polar surface area (TPSA) is 35.5 Å². The summed E-state index contributed by atoms with van der Waals surface area (Å²) in [4.78, 5) is 10.6. The standard InChI is InChI=1S/C9H9F7O3/c10-4-5(17)7(11,9(14,15)16)19-8(12,13)6-2-1-3-18-6/h6H,1-4H2. The lowest BCUT2D eigenvalue weighted by Crippen LogP contribution is -2.56. The van der Waals surface area contributed by atoms with Gasteiger partial charge in [0, 0.05) is 6.61 Å². The van der Waals surface area contributed by atoms with Gasteiger partial charge in [-0.1, -0.05) is 0 Å². The number of halogens is 7. The van der Waals surface area contributed by atoms with Crippen LogP contribution in [-0.4, -0.2) is 43.3 Å². The SMILES string of the molecule is O=C(CF)C(F)(OC(F)(F)C1CCCO1)C(F)(F)F. The Morgan fingerprint density at radius 3 is 2.16 bits per heavy atom. The van der Waals surface area contributed by atoms with Crippen molar-refractivity contribution in [1.29, 1.82) is 0 Å². The fourth-order valence-electron chi connectivity index (χ4n) is 1.45. The highest BCUT2D eigenvalue weighted by molar-refractivity contribution is 5.87. The van der Waals surface area contributed by atoms with Gasteiger partial charge in [0.2, 0.25) is 5.78 Å². The molecule has 1 aliphatic rings. The maximum absolute atomic E-state index is 13.4. The average Bonchev–Trinajstić information content (AvgIpc) is 2.79. The molecular formula is C9H9F7O3. The van der Waals surface area contributed by atoms with Gasteiger partial charge in [0.15, 0.2) is 6.67 Å². The molecule has 0 spiro atoms. The normalized spacial score (nSPS) is 24.3. The number of ketones is 1. The van der Waals surface area contributed by atoms with Crippen LogP contribution in [0.15, 0.2) is 0 Å². The van der Waals surface area contributed by atoms with Crippen LogP contribution in [0.3, 0.4) is 0 Å². The summed E-state index contributed by atoms with van der Waals surface area (Å²) in [5.74, 6) is -8.19. The predicted molar refractivity (Wildman–Crippen MR) is 45.9 cm³/mol. The van der Waals surface area contributed by atoms with Gasteiger partial charge in [0.1, 0.15) is 6.10 Å². The molecule has 1 fully saturated rings. The summed E-state index contributed by atoms with van der Waals surface area (Å²) < 4.78 is 96.1. The molecule has 1 aliphatic heterocycles. The second-order valence-corrected chi connectivity index (χ2v) is 3.82. The molecule has 0 N–H and O–H groups in total. The lowest BCUT2D eigenvalue weighted by Gasteiger charge is -2.31. The Kier molecular flexibility index (Phi) is 4.45. The molecule has 10 heteroatoms. The number of carbonyl (C=O) groups excluding carboxylic acids is 1. The van der Waals surface area contributed by atoms with E-state index in [1.165, 1.54) is 0 Å². The molecule has 1 heterocycles. The second kappa shape index (κ2) is 5.23. The number of alkyl halides is 7. The Hall–Kier alpha value is -0.900. The van der Waals surface area contributed by atoms with Crippen LogP contribution < -0.4 is 0 Å². The molecule has 0 aliphatic carbocycles. The molecule has 0 amide bonds. The fraction of sp³-hybridized carbons (Fsp3) is 0.889. The number of rotatable bonds is 5. The van der Waals surface area contributed by atoms with Crippen LogP contribution in [0.5, 0.6) is 0 Å². The second-order valence-electron chi connectivity index (χ2n) is 3.82. The molecule has 0 bridgehead atoms. The lowest BCUT2D eigenvalue weighted by atomic mass is 10.2. The van der Waals surface area contributed by atoms with Crippen LogP contribution in [0.25, 0.3) is 0 Å². The van der Waals surface area contributed by atoms with E-state index in [4.69, 9.17) is 0 Å². The minimum Gasteiger partial charge on any atom is -0.369 e. The Labute approximate surface area is 102 Å². The van der Waals surface area contributed by atoms with E-state index in [0.717, 1.165) is 0 Å². The van der Waals surface area contributed by atoms with Crippen molar-refractivity contribution < 1.29 is 45.0 Å². The van der Waals surface area contributed by atoms with Crippen LogP contribution in [0, 0.1) is 0 Å². The van der Waals surface area contributed by atoms with Crippen LogP contribution >= 0.6 is 0 Å². The van der Waals surface area contributed by atoms with E-state index in [0.29, 0.717) is 0 Å². The fourth-order valence-corrected chi connectivity index (χ4v) is 1.45. The number of Topliss-reactive ketones (excluding diaryl/α,β-unsaturated/α-hetero) is 1. The van der Waals surface area contributed by atoms with Crippen molar-refractivity contribution in [2.75, 3.05) is 13.3 Å². The molecule has 19 heavy (non-hydrogen) atoms. The van der Waals surface area contributed by atoms with Crippen LogP contribution in [0.2, 0.25) is 0 Å². The third-order valence-electron chi connectivity index (χ3n) is 2.43. The van der Waals surface area contributed by atoms with Crippen LogP contribution in [0.4, 0.5) is 30.7 Å². The summed E-state index contributed by atoms with van der Waals surface area (Å²) in [6, 6.07) is 0. The molecule has 0 aromatic heterocycles. The molecule has 112 valence electrons. The van der Waals surface area contributed by atoms with Gasteiger partial charge in [-0.2, -0.15) is 26.3 Å². The summed E-state index contributed by atoms with van der Waals surface area (Å²) in [7, 11) is 0. The van der Waals surface area contributed by atoms with E-state index in [1.807, 2.05) is 0 Å². The summed E-state index contributed by atoms with van der Waals surface area (Å²) in [6.07, 6.45) is -13.2. The molecule has 1 saturated heterocycles. The van der Waals surface area contributed by atoms with E-state index in [2.05, 4.69) is 9.47 Å². The van der Waals surface area contributed by atoms with E-state index in [-0.39, 0.29) is 19.4 Å². The van der Waals surface area contributed by atoms with E-state index < -0.39 is 36.7 Å². The van der Waals surface area contributed by atoms with Gasteiger partial charge in [-0.25, -0.2) is 4.39 Å². The minimum atomic E-state index is -6.13. The zero-order chi connectivity index (χ0) is 14.9. The van der Waals surface area contributed by atoms with Crippen molar-refractivity contribution in [2.24, 2.45) is 0 Å². The molecule has 1 rings (SSSR count). The molecule has 0 aromatic rings. The van der Waals surface area contributed by atoms with Crippen molar-refractivity contribution in [3.63, 3.8) is 0 Å². The summed E-state index contributed by atoms with van der Waals surface area (Å²) >= 11 is 0. The van der Waals surface area contributed by atoms with Crippen molar-refractivity contribution in [2.45, 2.75) is 37.1 Å². The van der Waals surface area contributed by atoms with Gasteiger partial charge >= 0.3 is 18.1 Å². The van der Waals surface area contributed by atoms with Crippen LogP contribution in [0.1, 0.15) is 12.8 Å². The zero-order valence-electron chi connectivity index (χ0n) is 9.28. The molecule has 3 nitrogen and oxygen atoms in total. The van der Waals surface area contributed by atoms with Crippen molar-refractivity contribution in [1.82, 2.24) is 0 Å². The molecule has 0 saturated carbocycles. The molecule has 0 radical (unpaired) electrons. The van der Waals surface area contributed by atoms with Gasteiger partial charge in [-0.05, 0) is 12.8 Å². The maximum atomic E-state index is 13.4. The first-order valence-electron chi connectivity index (χ1n) is 5.09. The highest BCUT2D eigenvalue weighted by Gasteiger charge is 2.68. The van der Waals surface area contributed by atoms with E-state index in [1.54, 1.807) is 0 Å². The number of hydrogen-bond acceptors (Lipinski definition) is 3. The summed E-state index contributed by atoms with van der Waals surface area (Å²) in [5.41, 5.74) is 0. The quantitative estimate of drug-likeness (QED) is 0.732. The number of ether oxygens (including phenoxy) is 2. The molecule has 2 atom stereocenters. The summed E-state index contributed by atoms with van der Waals surface area (Å²) in [5, 5.41) is 0. The Bertz CT molecular complexity index is 337. The monoisotopic (exact) mass is 298 g/mol. The molecule has 0 aromatic carbocycles. The van der Waals surface area contributed by atoms with Crippen molar-refractivity contribution >= 4 is 5.78 Å². The Morgan fingerprint density at radius 2 is 1.79 bits per heavy atom. The predicted octanol–water partition coefficient (Wildman–Crippen LogP) is 2.54. The van der Waals surface area contributed by atoms with Crippen molar-refractivity contribution in [3.05, 3.63) is 0 Å². The zero-order valence-corrected chi connectivity index (χ0v) is 9.28. The van der Waals surface area contributed by atoms with Crippen LogP contribution in [-0.2, 0) is 14.3 Å². The number of hydrogen-bond donors (Lipinski definition) is 0. The third-order valence-corrected chi connectivity index (χ3v) is 2.43. The first kappa shape index (κ1) is 16.2. The first-order chi connectivity index (χ1) is 8.54. The van der Waals surface area contributed by atoms with Crippen molar-refractivity contribution in [3.8, 4) is 0 Å². The first-order valence-corrected chi connectivity index (χ1v) is 5.09. The van der Waals surface area contributed by atoms with Gasteiger partial charge in [0.25, 0.3) is 0 Å². The maximum Gasteiger partial charge on any atom is 0.456 e. The highest BCUT2D eigenvalue weighted by Crippen LogP contribution is 2.42. The molecular weight excluding hydrogens is 289 g/mol. The average molecular weight is 298 g/mol. The largest absolute Gasteiger partial charge is 0.456 e. The van der Waals surface area contributed by atoms with Gasteiger partial charge in [-0.3, -0.25) is 9.53 Å². The third kappa shape index (κ3) is 3.16. The van der Waals surface area contributed by atoms with Gasteiger partial charge < -0.3 is 4.74 Å². The smallest absolute Gasteiger partial charge is 0.369 e. The van der Waals surface area contributed by atoms with E-state index in [9.17, 15) is 35.5 Å². The lowest BCUT2D eigenvalue weighted by molar-refractivity contribution is -0.410. The van der Waals surface area contributed by atoms with Gasteiger partial charge in [0.05, 0.1) is 0 Å². The van der Waals surface area contributed by atoms with Gasteiger partial charge in [-0.15, -0.1) is 0 Å².